The first-order valence-corrected chi connectivity index (χ1v) is 7.40. The number of rotatable bonds is 5. The number of aryl methyl sites for hydroxylation is 1. The van der Waals surface area contributed by atoms with E-state index in [1.807, 2.05) is 0 Å². The minimum absolute atomic E-state index is 0.322. The SMILES string of the molecule is CCCc1cc(C(=O)O)cc(NC2CCC(C)(C)C2)n1. The smallest absolute Gasteiger partial charge is 0.335 e. The van der Waals surface area contributed by atoms with Gasteiger partial charge in [-0.15, -0.1) is 0 Å². The fourth-order valence-corrected chi connectivity index (χ4v) is 2.94. The molecule has 0 amide bonds. The Morgan fingerprint density at radius 1 is 1.50 bits per heavy atom. The van der Waals surface area contributed by atoms with E-state index in [1.54, 1.807) is 12.1 Å². The summed E-state index contributed by atoms with van der Waals surface area (Å²) in [7, 11) is 0. The lowest BCUT2D eigenvalue weighted by atomic mass is 9.92. The van der Waals surface area contributed by atoms with Crippen molar-refractivity contribution in [3.05, 3.63) is 23.4 Å². The highest BCUT2D eigenvalue weighted by atomic mass is 16.4. The normalized spacial score (nSPS) is 20.9. The molecule has 1 fully saturated rings. The first-order chi connectivity index (χ1) is 9.39. The lowest BCUT2D eigenvalue weighted by molar-refractivity contribution is 0.0696. The van der Waals surface area contributed by atoms with Crippen LogP contribution in [0.2, 0.25) is 0 Å². The van der Waals surface area contributed by atoms with Gasteiger partial charge in [0.15, 0.2) is 0 Å². The molecule has 1 atom stereocenters. The molecule has 0 aliphatic heterocycles. The third kappa shape index (κ3) is 3.71. The van der Waals surface area contributed by atoms with E-state index in [-0.39, 0.29) is 0 Å². The van der Waals surface area contributed by atoms with Crippen molar-refractivity contribution in [2.24, 2.45) is 5.41 Å². The minimum Gasteiger partial charge on any atom is -0.478 e. The van der Waals surface area contributed by atoms with Crippen LogP contribution < -0.4 is 5.32 Å². The van der Waals surface area contributed by atoms with Gasteiger partial charge in [0, 0.05) is 11.7 Å². The van der Waals surface area contributed by atoms with Gasteiger partial charge in [0.25, 0.3) is 0 Å². The van der Waals surface area contributed by atoms with Gasteiger partial charge in [-0.1, -0.05) is 27.2 Å². The van der Waals surface area contributed by atoms with Gasteiger partial charge in [0.1, 0.15) is 5.82 Å². The predicted octanol–water partition coefficient (Wildman–Crippen LogP) is 3.72. The molecule has 0 aromatic carbocycles. The minimum atomic E-state index is -0.889. The zero-order chi connectivity index (χ0) is 14.8. The van der Waals surface area contributed by atoms with Crippen LogP contribution in [0.3, 0.4) is 0 Å². The highest BCUT2D eigenvalue weighted by Gasteiger charge is 2.31. The van der Waals surface area contributed by atoms with E-state index in [9.17, 15) is 9.90 Å². The van der Waals surface area contributed by atoms with Crippen molar-refractivity contribution in [2.45, 2.75) is 58.9 Å². The monoisotopic (exact) mass is 276 g/mol. The Labute approximate surface area is 120 Å². The number of aromatic carboxylic acids is 1. The lowest BCUT2D eigenvalue weighted by Gasteiger charge is -2.18. The largest absolute Gasteiger partial charge is 0.478 e. The molecule has 1 saturated carbocycles. The maximum atomic E-state index is 11.2. The summed E-state index contributed by atoms with van der Waals surface area (Å²) in [6.45, 7) is 6.62. The Kier molecular flexibility index (Phi) is 4.31. The number of anilines is 1. The predicted molar refractivity (Wildman–Crippen MR) is 80.2 cm³/mol. The van der Waals surface area contributed by atoms with Crippen LogP contribution in [-0.4, -0.2) is 22.1 Å². The molecule has 0 saturated heterocycles. The second kappa shape index (κ2) is 5.81. The number of nitrogens with zero attached hydrogens (tertiary/aromatic N) is 1. The van der Waals surface area contributed by atoms with Gasteiger partial charge in [0.2, 0.25) is 0 Å². The summed E-state index contributed by atoms with van der Waals surface area (Å²) >= 11 is 0. The van der Waals surface area contributed by atoms with Crippen molar-refractivity contribution in [3.63, 3.8) is 0 Å². The second-order valence-electron chi connectivity index (χ2n) is 6.54. The standard InChI is InChI=1S/C16H24N2O2/c1-4-5-12-8-11(15(19)20)9-14(17-12)18-13-6-7-16(2,3)10-13/h8-9,13H,4-7,10H2,1-3H3,(H,17,18)(H,19,20). The van der Waals surface area contributed by atoms with Crippen LogP contribution in [0.25, 0.3) is 0 Å². The molecule has 2 N–H and O–H groups in total. The van der Waals surface area contributed by atoms with Crippen LogP contribution in [0, 0.1) is 5.41 Å². The van der Waals surface area contributed by atoms with Crippen LogP contribution in [-0.2, 0) is 6.42 Å². The maximum absolute atomic E-state index is 11.2. The Balaban J connectivity index is 2.16. The Morgan fingerprint density at radius 3 is 2.80 bits per heavy atom. The highest BCUT2D eigenvalue weighted by molar-refractivity contribution is 5.88. The summed E-state index contributed by atoms with van der Waals surface area (Å²) in [6, 6.07) is 3.72. The molecule has 1 heterocycles. The number of carbonyl (C=O) groups is 1. The molecule has 1 aliphatic rings. The molecule has 0 radical (unpaired) electrons. The number of carboxylic acids is 1. The first kappa shape index (κ1) is 14.8. The number of hydrogen-bond donors (Lipinski definition) is 2. The van der Waals surface area contributed by atoms with Gasteiger partial charge in [-0.05, 0) is 43.2 Å². The van der Waals surface area contributed by atoms with E-state index in [1.165, 1.54) is 6.42 Å². The van der Waals surface area contributed by atoms with Crippen molar-refractivity contribution in [1.29, 1.82) is 0 Å². The number of hydrogen-bond acceptors (Lipinski definition) is 3. The molecule has 2 rings (SSSR count). The zero-order valence-corrected chi connectivity index (χ0v) is 12.6. The summed E-state index contributed by atoms with van der Waals surface area (Å²) in [4.78, 5) is 15.7. The van der Waals surface area contributed by atoms with Crippen LogP contribution in [0.15, 0.2) is 12.1 Å². The summed E-state index contributed by atoms with van der Waals surface area (Å²) in [5, 5.41) is 12.6. The number of aromatic nitrogens is 1. The number of carboxylic acid groups (broad SMARTS) is 1. The molecule has 0 bridgehead atoms. The van der Waals surface area contributed by atoms with E-state index >= 15 is 0 Å². The zero-order valence-electron chi connectivity index (χ0n) is 12.6. The van der Waals surface area contributed by atoms with Gasteiger partial charge in [-0.2, -0.15) is 0 Å². The Hall–Kier alpha value is -1.58. The molecule has 1 aromatic heterocycles. The lowest BCUT2D eigenvalue weighted by Crippen LogP contribution is -2.19. The fourth-order valence-electron chi connectivity index (χ4n) is 2.94. The molecule has 20 heavy (non-hydrogen) atoms. The number of nitrogens with one attached hydrogen (secondary N) is 1. The van der Waals surface area contributed by atoms with Crippen molar-refractivity contribution in [3.8, 4) is 0 Å². The summed E-state index contributed by atoms with van der Waals surface area (Å²) in [5.74, 6) is -0.185. The Morgan fingerprint density at radius 2 is 2.25 bits per heavy atom. The highest BCUT2D eigenvalue weighted by Crippen LogP contribution is 2.38. The molecular formula is C16H24N2O2. The summed E-state index contributed by atoms with van der Waals surface area (Å²) in [5.41, 5.74) is 1.55. The van der Waals surface area contributed by atoms with Crippen LogP contribution in [0.4, 0.5) is 5.82 Å². The number of pyridine rings is 1. The van der Waals surface area contributed by atoms with Crippen LogP contribution >= 0.6 is 0 Å². The Bertz CT molecular complexity index is 497. The first-order valence-electron chi connectivity index (χ1n) is 7.40. The topological polar surface area (TPSA) is 62.2 Å². The summed E-state index contributed by atoms with van der Waals surface area (Å²) < 4.78 is 0. The molecule has 1 aromatic rings. The third-order valence-electron chi connectivity index (χ3n) is 3.95. The van der Waals surface area contributed by atoms with Gasteiger partial charge in [-0.25, -0.2) is 9.78 Å². The molecule has 4 heteroatoms. The quantitative estimate of drug-likeness (QED) is 0.860. The van der Waals surface area contributed by atoms with Crippen LogP contribution in [0.5, 0.6) is 0 Å². The van der Waals surface area contributed by atoms with Crippen molar-refractivity contribution in [2.75, 3.05) is 5.32 Å². The van der Waals surface area contributed by atoms with Crippen molar-refractivity contribution >= 4 is 11.8 Å². The average Bonchev–Trinajstić information content (AvgIpc) is 2.68. The molecule has 0 spiro atoms. The van der Waals surface area contributed by atoms with Gasteiger partial charge in [-0.3, -0.25) is 0 Å². The molecule has 4 nitrogen and oxygen atoms in total. The molecule has 1 aliphatic carbocycles. The molecule has 1 unspecified atom stereocenters. The molecular weight excluding hydrogens is 252 g/mol. The van der Waals surface area contributed by atoms with Gasteiger partial charge < -0.3 is 10.4 Å². The van der Waals surface area contributed by atoms with Crippen LogP contribution in [0.1, 0.15) is 62.5 Å². The summed E-state index contributed by atoms with van der Waals surface area (Å²) in [6.07, 6.45) is 5.20. The van der Waals surface area contributed by atoms with Gasteiger partial charge in [0.05, 0.1) is 5.56 Å². The van der Waals surface area contributed by atoms with Crippen molar-refractivity contribution < 1.29 is 9.90 Å². The fraction of sp³-hybridized carbons (Fsp3) is 0.625. The average molecular weight is 276 g/mol. The van der Waals surface area contributed by atoms with Gasteiger partial charge >= 0.3 is 5.97 Å². The maximum Gasteiger partial charge on any atom is 0.335 e. The molecule has 110 valence electrons. The van der Waals surface area contributed by atoms with E-state index in [4.69, 9.17) is 0 Å². The van der Waals surface area contributed by atoms with E-state index < -0.39 is 5.97 Å². The van der Waals surface area contributed by atoms with E-state index in [0.29, 0.717) is 22.8 Å². The second-order valence-corrected chi connectivity index (χ2v) is 6.54. The van der Waals surface area contributed by atoms with Crippen molar-refractivity contribution in [1.82, 2.24) is 4.98 Å². The van der Waals surface area contributed by atoms with E-state index in [0.717, 1.165) is 31.4 Å². The third-order valence-corrected chi connectivity index (χ3v) is 3.95. The van der Waals surface area contributed by atoms with E-state index in [2.05, 4.69) is 31.1 Å².